The Morgan fingerprint density at radius 3 is 2.17 bits per heavy atom. The Kier molecular flexibility index (Phi) is 5.35. The van der Waals surface area contributed by atoms with E-state index in [0.717, 1.165) is 6.26 Å². The summed E-state index contributed by atoms with van der Waals surface area (Å²) in [4.78, 5) is 24.4. The van der Waals surface area contributed by atoms with Crippen LogP contribution < -0.4 is 10.6 Å². The van der Waals surface area contributed by atoms with Crippen molar-refractivity contribution in [2.75, 3.05) is 11.6 Å². The van der Waals surface area contributed by atoms with Crippen molar-refractivity contribution in [3.8, 4) is 0 Å². The molecule has 0 saturated carbocycles. The largest absolute Gasteiger partial charge is 0.340 e. The Morgan fingerprint density at radius 2 is 1.54 bits per heavy atom. The molecule has 24 heavy (non-hydrogen) atoms. The molecule has 2 aromatic rings. The molecule has 0 aliphatic carbocycles. The van der Waals surface area contributed by atoms with E-state index in [1.807, 2.05) is 6.07 Å². The lowest BCUT2D eigenvalue weighted by Gasteiger charge is -2.15. The van der Waals surface area contributed by atoms with Gasteiger partial charge in [-0.05, 0) is 31.2 Å². The Hall–Kier alpha value is -2.67. The highest BCUT2D eigenvalue weighted by Gasteiger charge is 2.21. The molecule has 2 aromatic carbocycles. The van der Waals surface area contributed by atoms with E-state index < -0.39 is 27.7 Å². The number of amides is 2. The van der Waals surface area contributed by atoms with Crippen LogP contribution in [0.4, 0.5) is 5.69 Å². The van der Waals surface area contributed by atoms with E-state index in [-0.39, 0.29) is 10.5 Å². The van der Waals surface area contributed by atoms with E-state index in [4.69, 9.17) is 0 Å². The number of sulfone groups is 1. The van der Waals surface area contributed by atoms with Gasteiger partial charge in [-0.25, -0.2) is 8.42 Å². The molecule has 6 nitrogen and oxygen atoms in total. The lowest BCUT2D eigenvalue weighted by atomic mass is 10.2. The molecule has 2 amide bonds. The van der Waals surface area contributed by atoms with Crippen molar-refractivity contribution in [1.29, 1.82) is 0 Å². The van der Waals surface area contributed by atoms with Crippen LogP contribution in [0.1, 0.15) is 17.3 Å². The minimum Gasteiger partial charge on any atom is -0.340 e. The summed E-state index contributed by atoms with van der Waals surface area (Å²) >= 11 is 0. The van der Waals surface area contributed by atoms with Crippen molar-refractivity contribution in [2.24, 2.45) is 0 Å². The summed E-state index contributed by atoms with van der Waals surface area (Å²) in [6, 6.07) is 13.9. The second-order valence-corrected chi connectivity index (χ2v) is 7.30. The monoisotopic (exact) mass is 346 g/mol. The van der Waals surface area contributed by atoms with Gasteiger partial charge in [0.15, 0.2) is 9.84 Å². The molecule has 2 N–H and O–H groups in total. The molecule has 0 aliphatic heterocycles. The van der Waals surface area contributed by atoms with Crippen LogP contribution in [0.15, 0.2) is 59.5 Å². The molecule has 0 radical (unpaired) electrons. The predicted octanol–water partition coefficient (Wildman–Crippen LogP) is 1.85. The Labute approximate surface area is 140 Å². The van der Waals surface area contributed by atoms with E-state index in [1.165, 1.54) is 19.1 Å². The fourth-order valence-electron chi connectivity index (χ4n) is 2.09. The normalized spacial score (nSPS) is 12.2. The SMILES string of the molecule is CC(NC(=O)c1ccccc1S(C)(=O)=O)C(=O)Nc1ccccc1. The molecule has 0 fully saturated rings. The van der Waals surface area contributed by atoms with Crippen LogP contribution >= 0.6 is 0 Å². The highest BCUT2D eigenvalue weighted by atomic mass is 32.2. The molecule has 126 valence electrons. The summed E-state index contributed by atoms with van der Waals surface area (Å²) < 4.78 is 23.5. The molecule has 0 aliphatic rings. The molecular formula is C17H18N2O4S. The van der Waals surface area contributed by atoms with E-state index in [2.05, 4.69) is 10.6 Å². The molecular weight excluding hydrogens is 328 g/mol. The number of carbonyl (C=O) groups is 2. The highest BCUT2D eigenvalue weighted by molar-refractivity contribution is 7.90. The van der Waals surface area contributed by atoms with E-state index in [9.17, 15) is 18.0 Å². The zero-order chi connectivity index (χ0) is 17.7. The number of hydrogen-bond donors (Lipinski definition) is 2. The topological polar surface area (TPSA) is 92.3 Å². The number of anilines is 1. The summed E-state index contributed by atoms with van der Waals surface area (Å²) in [6.45, 7) is 1.53. The molecule has 7 heteroatoms. The van der Waals surface area contributed by atoms with Gasteiger partial charge in [-0.1, -0.05) is 30.3 Å². The summed E-state index contributed by atoms with van der Waals surface area (Å²) in [5.41, 5.74) is 0.625. The smallest absolute Gasteiger partial charge is 0.253 e. The van der Waals surface area contributed by atoms with Gasteiger partial charge >= 0.3 is 0 Å². The summed E-state index contributed by atoms with van der Waals surface area (Å²) in [5, 5.41) is 5.18. The highest BCUT2D eigenvalue weighted by Crippen LogP contribution is 2.15. The summed E-state index contributed by atoms with van der Waals surface area (Å²) in [6.07, 6.45) is 1.03. The van der Waals surface area contributed by atoms with Crippen molar-refractivity contribution >= 4 is 27.3 Å². The van der Waals surface area contributed by atoms with Gasteiger partial charge in [-0.2, -0.15) is 0 Å². The number of benzene rings is 2. The van der Waals surface area contributed by atoms with Gasteiger partial charge < -0.3 is 10.6 Å². The Balaban J connectivity index is 2.11. The molecule has 0 aromatic heterocycles. The number of nitrogens with one attached hydrogen (secondary N) is 2. The van der Waals surface area contributed by atoms with Gasteiger partial charge in [-0.15, -0.1) is 0 Å². The molecule has 1 unspecified atom stereocenters. The number of para-hydroxylation sites is 1. The third-order valence-corrected chi connectivity index (χ3v) is 4.47. The van der Waals surface area contributed by atoms with Gasteiger partial charge in [0, 0.05) is 11.9 Å². The molecule has 1 atom stereocenters. The third kappa shape index (κ3) is 4.42. The standard InChI is InChI=1S/C17H18N2O4S/c1-12(16(20)19-13-8-4-3-5-9-13)18-17(21)14-10-6-7-11-15(14)24(2,22)23/h3-12H,1-2H3,(H,18,21)(H,19,20). The number of hydrogen-bond acceptors (Lipinski definition) is 4. The van der Waals surface area contributed by atoms with Gasteiger partial charge in [-0.3, -0.25) is 9.59 Å². The molecule has 0 spiro atoms. The first kappa shape index (κ1) is 17.7. The van der Waals surface area contributed by atoms with Gasteiger partial charge in [0.25, 0.3) is 5.91 Å². The fraction of sp³-hybridized carbons (Fsp3) is 0.176. The van der Waals surface area contributed by atoms with E-state index in [0.29, 0.717) is 5.69 Å². The fourth-order valence-corrected chi connectivity index (χ4v) is 2.98. The van der Waals surface area contributed by atoms with Crippen molar-refractivity contribution < 1.29 is 18.0 Å². The average Bonchev–Trinajstić information content (AvgIpc) is 2.55. The maximum Gasteiger partial charge on any atom is 0.253 e. The van der Waals surface area contributed by atoms with Crippen LogP contribution in [-0.2, 0) is 14.6 Å². The Bertz CT molecular complexity index is 848. The van der Waals surface area contributed by atoms with Crippen LogP contribution in [0.5, 0.6) is 0 Å². The first-order chi connectivity index (χ1) is 11.3. The minimum atomic E-state index is -3.54. The Morgan fingerprint density at radius 1 is 0.958 bits per heavy atom. The molecule has 0 bridgehead atoms. The van der Waals surface area contributed by atoms with Crippen LogP contribution in [-0.4, -0.2) is 32.5 Å². The number of rotatable bonds is 5. The van der Waals surface area contributed by atoms with Crippen LogP contribution in [0.25, 0.3) is 0 Å². The summed E-state index contributed by atoms with van der Waals surface area (Å²) in [7, 11) is -3.54. The van der Waals surface area contributed by atoms with Crippen LogP contribution in [0.3, 0.4) is 0 Å². The second kappa shape index (κ2) is 7.27. The average molecular weight is 346 g/mol. The molecule has 0 saturated heterocycles. The quantitative estimate of drug-likeness (QED) is 0.864. The van der Waals surface area contributed by atoms with Gasteiger partial charge in [0.2, 0.25) is 5.91 Å². The summed E-state index contributed by atoms with van der Waals surface area (Å²) in [5.74, 6) is -1.02. The lowest BCUT2D eigenvalue weighted by molar-refractivity contribution is -0.117. The van der Waals surface area contributed by atoms with Gasteiger partial charge in [0.1, 0.15) is 6.04 Å². The van der Waals surface area contributed by atoms with Crippen molar-refractivity contribution in [2.45, 2.75) is 17.9 Å². The maximum absolute atomic E-state index is 12.3. The first-order valence-corrected chi connectivity index (χ1v) is 9.14. The minimum absolute atomic E-state index is 0.0133. The first-order valence-electron chi connectivity index (χ1n) is 7.25. The third-order valence-electron chi connectivity index (χ3n) is 3.31. The van der Waals surface area contributed by atoms with Gasteiger partial charge in [0.05, 0.1) is 10.5 Å². The predicted molar refractivity (Wildman–Crippen MR) is 91.6 cm³/mol. The van der Waals surface area contributed by atoms with E-state index >= 15 is 0 Å². The molecule has 2 rings (SSSR count). The second-order valence-electron chi connectivity index (χ2n) is 5.32. The van der Waals surface area contributed by atoms with Crippen molar-refractivity contribution in [3.63, 3.8) is 0 Å². The molecule has 0 heterocycles. The van der Waals surface area contributed by atoms with Crippen LogP contribution in [0, 0.1) is 0 Å². The van der Waals surface area contributed by atoms with Crippen molar-refractivity contribution in [3.05, 3.63) is 60.2 Å². The van der Waals surface area contributed by atoms with Crippen molar-refractivity contribution in [1.82, 2.24) is 5.32 Å². The number of carbonyl (C=O) groups excluding carboxylic acids is 2. The van der Waals surface area contributed by atoms with Crippen LogP contribution in [0.2, 0.25) is 0 Å². The maximum atomic E-state index is 12.3. The zero-order valence-corrected chi connectivity index (χ0v) is 14.1. The van der Waals surface area contributed by atoms with E-state index in [1.54, 1.807) is 36.4 Å². The lowest BCUT2D eigenvalue weighted by Crippen LogP contribution is -2.42. The zero-order valence-electron chi connectivity index (χ0n) is 13.3.